The number of carbonyl (C=O) groups is 1. The number of hydrogen-bond acceptors (Lipinski definition) is 3. The molecule has 1 saturated heterocycles. The SMILES string of the molecule is O=C1NCCCC1Nc1ccnc2ccccc12. The van der Waals surface area contributed by atoms with Crippen molar-refractivity contribution >= 4 is 22.5 Å². The summed E-state index contributed by atoms with van der Waals surface area (Å²) in [5, 5.41) is 7.26. The summed E-state index contributed by atoms with van der Waals surface area (Å²) in [6, 6.07) is 9.73. The summed E-state index contributed by atoms with van der Waals surface area (Å²) < 4.78 is 0. The number of fused-ring (bicyclic) bond motifs is 1. The fraction of sp³-hybridized carbons (Fsp3) is 0.286. The molecule has 18 heavy (non-hydrogen) atoms. The first kappa shape index (κ1) is 11.0. The number of rotatable bonds is 2. The monoisotopic (exact) mass is 241 g/mol. The van der Waals surface area contributed by atoms with Crippen LogP contribution in [0.5, 0.6) is 0 Å². The van der Waals surface area contributed by atoms with Crippen molar-refractivity contribution < 1.29 is 4.79 Å². The van der Waals surface area contributed by atoms with E-state index in [1.165, 1.54) is 0 Å². The zero-order valence-electron chi connectivity index (χ0n) is 10.0. The van der Waals surface area contributed by atoms with Crippen molar-refractivity contribution in [2.24, 2.45) is 0 Å². The van der Waals surface area contributed by atoms with Gasteiger partial charge in [0.05, 0.1) is 5.52 Å². The molecule has 2 aromatic rings. The molecule has 0 saturated carbocycles. The molecular formula is C14H15N3O. The van der Waals surface area contributed by atoms with Crippen molar-refractivity contribution in [1.29, 1.82) is 0 Å². The van der Waals surface area contributed by atoms with E-state index in [1.54, 1.807) is 6.20 Å². The first-order valence-corrected chi connectivity index (χ1v) is 6.22. The number of piperidine rings is 1. The molecule has 1 amide bonds. The summed E-state index contributed by atoms with van der Waals surface area (Å²) in [4.78, 5) is 16.1. The minimum Gasteiger partial charge on any atom is -0.373 e. The fourth-order valence-corrected chi connectivity index (χ4v) is 2.32. The molecule has 0 spiro atoms. The van der Waals surface area contributed by atoms with E-state index in [0.717, 1.165) is 36.0 Å². The van der Waals surface area contributed by atoms with Gasteiger partial charge in [-0.3, -0.25) is 9.78 Å². The number of aromatic nitrogens is 1. The maximum atomic E-state index is 11.7. The number of para-hydroxylation sites is 1. The van der Waals surface area contributed by atoms with E-state index in [2.05, 4.69) is 15.6 Å². The van der Waals surface area contributed by atoms with Crippen LogP contribution in [0.4, 0.5) is 5.69 Å². The molecule has 3 rings (SSSR count). The van der Waals surface area contributed by atoms with Gasteiger partial charge in [-0.05, 0) is 25.0 Å². The normalized spacial score (nSPS) is 19.6. The standard InChI is InChI=1S/C14H15N3O/c18-14-13(6-3-8-16-14)17-12-7-9-15-11-5-2-1-4-10(11)12/h1-2,4-5,7,9,13H,3,6,8H2,(H,15,17)(H,16,18). The molecular weight excluding hydrogens is 226 g/mol. The van der Waals surface area contributed by atoms with Crippen LogP contribution in [0.25, 0.3) is 10.9 Å². The lowest BCUT2D eigenvalue weighted by atomic mass is 10.1. The Balaban J connectivity index is 1.92. The minimum absolute atomic E-state index is 0.0853. The Morgan fingerprint density at radius 1 is 1.28 bits per heavy atom. The first-order chi connectivity index (χ1) is 8.84. The predicted octanol–water partition coefficient (Wildman–Crippen LogP) is 1.93. The maximum Gasteiger partial charge on any atom is 0.242 e. The van der Waals surface area contributed by atoms with Gasteiger partial charge in [-0.1, -0.05) is 18.2 Å². The third-order valence-electron chi connectivity index (χ3n) is 3.26. The van der Waals surface area contributed by atoms with Crippen LogP contribution >= 0.6 is 0 Å². The van der Waals surface area contributed by atoms with Crippen LogP contribution in [0.3, 0.4) is 0 Å². The first-order valence-electron chi connectivity index (χ1n) is 6.22. The van der Waals surface area contributed by atoms with Gasteiger partial charge in [-0.2, -0.15) is 0 Å². The number of anilines is 1. The highest BCUT2D eigenvalue weighted by Crippen LogP contribution is 2.22. The van der Waals surface area contributed by atoms with E-state index in [4.69, 9.17) is 0 Å². The van der Waals surface area contributed by atoms with Crippen LogP contribution in [-0.4, -0.2) is 23.5 Å². The molecule has 92 valence electrons. The van der Waals surface area contributed by atoms with Gasteiger partial charge in [0.1, 0.15) is 6.04 Å². The average Bonchev–Trinajstić information content (AvgIpc) is 2.42. The van der Waals surface area contributed by atoms with Crippen molar-refractivity contribution in [2.45, 2.75) is 18.9 Å². The van der Waals surface area contributed by atoms with Crippen LogP contribution in [0.15, 0.2) is 36.5 Å². The molecule has 0 radical (unpaired) electrons. The Bertz CT molecular complexity index is 577. The lowest BCUT2D eigenvalue weighted by molar-refractivity contribution is -0.123. The van der Waals surface area contributed by atoms with E-state index in [0.29, 0.717) is 0 Å². The van der Waals surface area contributed by atoms with Crippen LogP contribution in [-0.2, 0) is 4.79 Å². The molecule has 4 nitrogen and oxygen atoms in total. The summed E-state index contributed by atoms with van der Waals surface area (Å²) in [6.45, 7) is 0.786. The number of pyridine rings is 1. The second-order valence-corrected chi connectivity index (χ2v) is 4.51. The highest BCUT2D eigenvalue weighted by atomic mass is 16.2. The number of nitrogens with one attached hydrogen (secondary N) is 2. The highest BCUT2D eigenvalue weighted by Gasteiger charge is 2.21. The second-order valence-electron chi connectivity index (χ2n) is 4.51. The molecule has 1 unspecified atom stereocenters. The molecule has 1 fully saturated rings. The molecule has 1 aromatic carbocycles. The van der Waals surface area contributed by atoms with Crippen LogP contribution in [0.2, 0.25) is 0 Å². The van der Waals surface area contributed by atoms with Gasteiger partial charge in [-0.15, -0.1) is 0 Å². The zero-order valence-corrected chi connectivity index (χ0v) is 10.0. The summed E-state index contributed by atoms with van der Waals surface area (Å²) in [6.07, 6.45) is 3.67. The van der Waals surface area contributed by atoms with E-state index in [1.807, 2.05) is 30.3 Å². The van der Waals surface area contributed by atoms with Crippen molar-refractivity contribution in [3.05, 3.63) is 36.5 Å². The number of nitrogens with zero attached hydrogens (tertiary/aromatic N) is 1. The molecule has 0 aliphatic carbocycles. The van der Waals surface area contributed by atoms with Crippen molar-refractivity contribution in [2.75, 3.05) is 11.9 Å². The van der Waals surface area contributed by atoms with Crippen molar-refractivity contribution in [3.8, 4) is 0 Å². The summed E-state index contributed by atoms with van der Waals surface area (Å²) >= 11 is 0. The van der Waals surface area contributed by atoms with Gasteiger partial charge in [0.2, 0.25) is 5.91 Å². The number of amides is 1. The summed E-state index contributed by atoms with van der Waals surface area (Å²) in [5.74, 6) is 0.0853. The molecule has 1 aliphatic rings. The maximum absolute atomic E-state index is 11.7. The lowest BCUT2D eigenvalue weighted by Gasteiger charge is -2.24. The molecule has 1 aliphatic heterocycles. The zero-order chi connectivity index (χ0) is 12.4. The second kappa shape index (κ2) is 4.64. The Morgan fingerprint density at radius 3 is 3.06 bits per heavy atom. The van der Waals surface area contributed by atoms with Crippen LogP contribution in [0, 0.1) is 0 Å². The third-order valence-corrected chi connectivity index (χ3v) is 3.26. The summed E-state index contributed by atoms with van der Waals surface area (Å²) in [5.41, 5.74) is 1.92. The topological polar surface area (TPSA) is 54.0 Å². The number of benzene rings is 1. The smallest absolute Gasteiger partial charge is 0.242 e. The van der Waals surface area contributed by atoms with Gasteiger partial charge >= 0.3 is 0 Å². The van der Waals surface area contributed by atoms with Gasteiger partial charge in [0.25, 0.3) is 0 Å². The minimum atomic E-state index is -0.135. The van der Waals surface area contributed by atoms with E-state index in [9.17, 15) is 4.79 Å². The van der Waals surface area contributed by atoms with Crippen molar-refractivity contribution in [1.82, 2.24) is 10.3 Å². The molecule has 2 heterocycles. The Hall–Kier alpha value is -2.10. The van der Waals surface area contributed by atoms with Gasteiger partial charge in [0, 0.05) is 23.8 Å². The Labute approximate surface area is 105 Å². The van der Waals surface area contributed by atoms with Gasteiger partial charge in [0.15, 0.2) is 0 Å². The number of carbonyl (C=O) groups excluding carboxylic acids is 1. The largest absolute Gasteiger partial charge is 0.373 e. The van der Waals surface area contributed by atoms with Crippen LogP contribution < -0.4 is 10.6 Å². The molecule has 1 aromatic heterocycles. The quantitative estimate of drug-likeness (QED) is 0.844. The van der Waals surface area contributed by atoms with E-state index in [-0.39, 0.29) is 11.9 Å². The van der Waals surface area contributed by atoms with E-state index < -0.39 is 0 Å². The molecule has 2 N–H and O–H groups in total. The molecule has 4 heteroatoms. The Morgan fingerprint density at radius 2 is 2.17 bits per heavy atom. The lowest BCUT2D eigenvalue weighted by Crippen LogP contribution is -2.44. The predicted molar refractivity (Wildman–Crippen MR) is 71.4 cm³/mol. The summed E-state index contributed by atoms with van der Waals surface area (Å²) in [7, 11) is 0. The molecule has 0 bridgehead atoms. The third kappa shape index (κ3) is 2.01. The van der Waals surface area contributed by atoms with E-state index >= 15 is 0 Å². The number of hydrogen-bond donors (Lipinski definition) is 2. The van der Waals surface area contributed by atoms with Gasteiger partial charge in [-0.25, -0.2) is 0 Å². The highest BCUT2D eigenvalue weighted by molar-refractivity contribution is 5.93. The van der Waals surface area contributed by atoms with Crippen LogP contribution in [0.1, 0.15) is 12.8 Å². The fourth-order valence-electron chi connectivity index (χ4n) is 2.32. The Kier molecular flexibility index (Phi) is 2.84. The molecule has 1 atom stereocenters. The average molecular weight is 241 g/mol. The van der Waals surface area contributed by atoms with Crippen molar-refractivity contribution in [3.63, 3.8) is 0 Å². The van der Waals surface area contributed by atoms with Gasteiger partial charge < -0.3 is 10.6 Å².